The zero-order valence-electron chi connectivity index (χ0n) is 11.6. The van der Waals surface area contributed by atoms with Crippen LogP contribution in [0, 0.1) is 0 Å². The van der Waals surface area contributed by atoms with Crippen LogP contribution >= 0.6 is 11.6 Å². The first-order valence-electron chi connectivity index (χ1n) is 6.64. The summed E-state index contributed by atoms with van der Waals surface area (Å²) in [5.41, 5.74) is 0.806. The van der Waals surface area contributed by atoms with Crippen molar-refractivity contribution in [2.24, 2.45) is 0 Å². The zero-order valence-corrected chi connectivity index (χ0v) is 12.4. The Kier molecular flexibility index (Phi) is 5.18. The molecule has 20 heavy (non-hydrogen) atoms. The average Bonchev–Trinajstić information content (AvgIpc) is 2.47. The molecule has 4 nitrogen and oxygen atoms in total. The number of nitrogens with zero attached hydrogens (tertiary/aromatic N) is 2. The Balaban J connectivity index is 2.12. The summed E-state index contributed by atoms with van der Waals surface area (Å²) >= 11 is 6.03. The number of benzene rings is 1. The topological polar surface area (TPSA) is 44.2 Å². The van der Waals surface area contributed by atoms with Crippen LogP contribution in [0.4, 0.5) is 0 Å². The van der Waals surface area contributed by atoms with Crippen molar-refractivity contribution < 1.29 is 9.47 Å². The van der Waals surface area contributed by atoms with E-state index in [0.29, 0.717) is 29.8 Å². The number of rotatable bonds is 6. The molecule has 0 atom stereocenters. The van der Waals surface area contributed by atoms with Crippen LogP contribution in [0.3, 0.4) is 0 Å². The summed E-state index contributed by atoms with van der Waals surface area (Å²) in [6, 6.07) is 7.44. The summed E-state index contributed by atoms with van der Waals surface area (Å²) < 4.78 is 11.3. The molecule has 1 heterocycles. The molecular weight excluding hydrogens is 276 g/mol. The molecule has 0 radical (unpaired) electrons. The first kappa shape index (κ1) is 14.6. The van der Waals surface area contributed by atoms with E-state index in [9.17, 15) is 0 Å². The van der Waals surface area contributed by atoms with Crippen molar-refractivity contribution >= 4 is 11.6 Å². The highest BCUT2D eigenvalue weighted by Crippen LogP contribution is 2.28. The van der Waals surface area contributed by atoms with Crippen molar-refractivity contribution in [3.05, 3.63) is 41.3 Å². The maximum atomic E-state index is 6.03. The van der Waals surface area contributed by atoms with E-state index in [2.05, 4.69) is 16.9 Å². The maximum absolute atomic E-state index is 6.03. The van der Waals surface area contributed by atoms with E-state index in [0.717, 1.165) is 17.7 Å². The number of hydrogen-bond donors (Lipinski definition) is 0. The Bertz CT molecular complexity index is 558. The molecular formula is C15H17ClN2O2. The van der Waals surface area contributed by atoms with E-state index in [-0.39, 0.29) is 0 Å². The Morgan fingerprint density at radius 2 is 1.75 bits per heavy atom. The molecule has 1 aromatic heterocycles. The van der Waals surface area contributed by atoms with Gasteiger partial charge in [-0.2, -0.15) is 0 Å². The first-order valence-corrected chi connectivity index (χ1v) is 7.02. The van der Waals surface area contributed by atoms with Crippen LogP contribution in [0.2, 0.25) is 5.15 Å². The van der Waals surface area contributed by atoms with Crippen LogP contribution in [-0.4, -0.2) is 16.6 Å². The quantitative estimate of drug-likeness (QED) is 0.746. The van der Waals surface area contributed by atoms with Crippen LogP contribution < -0.4 is 9.47 Å². The third kappa shape index (κ3) is 3.61. The number of ether oxygens (including phenoxy) is 2. The minimum absolute atomic E-state index is 0.431. The lowest BCUT2D eigenvalue weighted by atomic mass is 10.2. The Hall–Kier alpha value is -1.81. The second-order valence-electron chi connectivity index (χ2n) is 4.22. The van der Waals surface area contributed by atoms with Crippen molar-refractivity contribution in [2.45, 2.75) is 26.7 Å². The van der Waals surface area contributed by atoms with Gasteiger partial charge in [0.1, 0.15) is 23.0 Å². The summed E-state index contributed by atoms with van der Waals surface area (Å²) in [5.74, 6) is 2.02. The Morgan fingerprint density at radius 3 is 2.40 bits per heavy atom. The Morgan fingerprint density at radius 1 is 1.05 bits per heavy atom. The SMILES string of the molecule is CCCOc1ccc(Oc2ncnc(Cl)c2CC)cc1. The highest BCUT2D eigenvalue weighted by atomic mass is 35.5. The van der Waals surface area contributed by atoms with Crippen LogP contribution in [0.1, 0.15) is 25.8 Å². The van der Waals surface area contributed by atoms with E-state index in [1.165, 1.54) is 6.33 Å². The molecule has 0 aliphatic carbocycles. The summed E-state index contributed by atoms with van der Waals surface area (Å²) in [7, 11) is 0. The molecule has 106 valence electrons. The second kappa shape index (κ2) is 7.10. The van der Waals surface area contributed by atoms with Crippen molar-refractivity contribution in [2.75, 3.05) is 6.61 Å². The lowest BCUT2D eigenvalue weighted by Crippen LogP contribution is -1.97. The zero-order chi connectivity index (χ0) is 14.4. The van der Waals surface area contributed by atoms with Crippen molar-refractivity contribution in [1.29, 1.82) is 0 Å². The molecule has 2 rings (SSSR count). The molecule has 0 unspecified atom stereocenters. The minimum Gasteiger partial charge on any atom is -0.494 e. The fourth-order valence-corrected chi connectivity index (χ4v) is 1.95. The van der Waals surface area contributed by atoms with Crippen LogP contribution in [0.5, 0.6) is 17.4 Å². The van der Waals surface area contributed by atoms with Gasteiger partial charge in [-0.1, -0.05) is 25.4 Å². The van der Waals surface area contributed by atoms with Gasteiger partial charge in [-0.05, 0) is 37.1 Å². The lowest BCUT2D eigenvalue weighted by Gasteiger charge is -2.10. The first-order chi connectivity index (χ1) is 9.74. The molecule has 0 aliphatic heterocycles. The lowest BCUT2D eigenvalue weighted by molar-refractivity contribution is 0.317. The van der Waals surface area contributed by atoms with E-state index >= 15 is 0 Å². The second-order valence-corrected chi connectivity index (χ2v) is 4.58. The minimum atomic E-state index is 0.431. The monoisotopic (exact) mass is 292 g/mol. The van der Waals surface area contributed by atoms with E-state index < -0.39 is 0 Å². The average molecular weight is 293 g/mol. The van der Waals surface area contributed by atoms with E-state index in [1.54, 1.807) is 0 Å². The number of hydrogen-bond acceptors (Lipinski definition) is 4. The van der Waals surface area contributed by atoms with Gasteiger partial charge in [-0.25, -0.2) is 9.97 Å². The number of aromatic nitrogens is 2. The molecule has 0 amide bonds. The van der Waals surface area contributed by atoms with E-state index in [4.69, 9.17) is 21.1 Å². The fourth-order valence-electron chi connectivity index (χ4n) is 1.70. The third-order valence-electron chi connectivity index (χ3n) is 2.72. The highest BCUT2D eigenvalue weighted by molar-refractivity contribution is 6.30. The fraction of sp³-hybridized carbons (Fsp3) is 0.333. The van der Waals surface area contributed by atoms with Gasteiger partial charge in [0.25, 0.3) is 0 Å². The van der Waals surface area contributed by atoms with Gasteiger partial charge in [0, 0.05) is 0 Å². The molecule has 0 N–H and O–H groups in total. The van der Waals surface area contributed by atoms with Gasteiger partial charge in [-0.15, -0.1) is 0 Å². The summed E-state index contributed by atoms with van der Waals surface area (Å²) in [6.07, 6.45) is 3.10. The van der Waals surface area contributed by atoms with Gasteiger partial charge in [-0.3, -0.25) is 0 Å². The molecule has 0 bridgehead atoms. The smallest absolute Gasteiger partial charge is 0.226 e. The van der Waals surface area contributed by atoms with Gasteiger partial charge in [0.15, 0.2) is 0 Å². The number of halogens is 1. The molecule has 2 aromatic rings. The van der Waals surface area contributed by atoms with Gasteiger partial charge in [0.2, 0.25) is 5.88 Å². The summed E-state index contributed by atoms with van der Waals surface area (Å²) in [4.78, 5) is 8.08. The predicted molar refractivity (Wildman–Crippen MR) is 78.7 cm³/mol. The third-order valence-corrected chi connectivity index (χ3v) is 3.04. The van der Waals surface area contributed by atoms with Gasteiger partial charge >= 0.3 is 0 Å². The van der Waals surface area contributed by atoms with Crippen LogP contribution in [-0.2, 0) is 6.42 Å². The van der Waals surface area contributed by atoms with Gasteiger partial charge in [0.05, 0.1) is 12.2 Å². The summed E-state index contributed by atoms with van der Waals surface area (Å²) in [6.45, 7) is 4.77. The Labute approximate surface area is 123 Å². The van der Waals surface area contributed by atoms with Crippen molar-refractivity contribution in [1.82, 2.24) is 9.97 Å². The molecule has 0 spiro atoms. The van der Waals surface area contributed by atoms with Crippen molar-refractivity contribution in [3.63, 3.8) is 0 Å². The molecule has 0 saturated carbocycles. The largest absolute Gasteiger partial charge is 0.494 e. The van der Waals surface area contributed by atoms with Crippen molar-refractivity contribution in [3.8, 4) is 17.4 Å². The molecule has 1 aromatic carbocycles. The summed E-state index contributed by atoms with van der Waals surface area (Å²) in [5, 5.41) is 0.431. The van der Waals surface area contributed by atoms with Gasteiger partial charge < -0.3 is 9.47 Å². The highest BCUT2D eigenvalue weighted by Gasteiger charge is 2.10. The predicted octanol–water partition coefficient (Wildman–Crippen LogP) is 4.27. The van der Waals surface area contributed by atoms with Crippen LogP contribution in [0.15, 0.2) is 30.6 Å². The maximum Gasteiger partial charge on any atom is 0.226 e. The normalized spacial score (nSPS) is 10.3. The van der Waals surface area contributed by atoms with Crippen LogP contribution in [0.25, 0.3) is 0 Å². The molecule has 5 heteroatoms. The molecule has 0 fully saturated rings. The van der Waals surface area contributed by atoms with E-state index in [1.807, 2.05) is 31.2 Å². The molecule has 0 aliphatic rings. The molecule has 0 saturated heterocycles. The standard InChI is InChI=1S/C15H17ClN2O2/c1-3-9-19-11-5-7-12(8-6-11)20-15-13(4-2)14(16)17-10-18-15/h5-8,10H,3-4,9H2,1-2H3.